The number of thioether (sulfide) groups is 1. The van der Waals surface area contributed by atoms with Crippen molar-refractivity contribution in [2.75, 3.05) is 29.9 Å². The van der Waals surface area contributed by atoms with Gasteiger partial charge in [-0.25, -0.2) is 0 Å². The molecule has 1 N–H and O–H groups in total. The lowest BCUT2D eigenvalue weighted by atomic mass is 10.1. The molecule has 1 unspecified atom stereocenters. The van der Waals surface area contributed by atoms with Gasteiger partial charge in [-0.05, 0) is 37.1 Å². The van der Waals surface area contributed by atoms with Crippen molar-refractivity contribution in [1.29, 1.82) is 0 Å². The van der Waals surface area contributed by atoms with E-state index in [1.807, 2.05) is 0 Å². The normalized spacial score (nSPS) is 22.0. The van der Waals surface area contributed by atoms with Gasteiger partial charge in [-0.15, -0.1) is 0 Å². The molecule has 2 saturated heterocycles. The van der Waals surface area contributed by atoms with Crippen molar-refractivity contribution in [2.24, 2.45) is 0 Å². The molecule has 7 nitrogen and oxygen atoms in total. The van der Waals surface area contributed by atoms with Crippen LogP contribution in [0, 0.1) is 0 Å². The molecule has 3 aliphatic heterocycles. The Morgan fingerprint density at radius 2 is 1.97 bits per heavy atom. The lowest BCUT2D eigenvalue weighted by Crippen LogP contribution is -2.36. The third-order valence-electron chi connectivity index (χ3n) is 5.82. The van der Waals surface area contributed by atoms with Gasteiger partial charge in [0.1, 0.15) is 10.9 Å². The summed E-state index contributed by atoms with van der Waals surface area (Å²) in [6.07, 6.45) is 1.78. The summed E-state index contributed by atoms with van der Waals surface area (Å²) in [5.74, 6) is -1.08. The topological polar surface area (TPSA) is 79.0 Å². The number of hydrogen-bond acceptors (Lipinski definition) is 6. The molecule has 0 aromatic heterocycles. The highest BCUT2D eigenvalue weighted by Gasteiger charge is 2.43. The third-order valence-corrected chi connectivity index (χ3v) is 7.50. The van der Waals surface area contributed by atoms with Gasteiger partial charge in [0.25, 0.3) is 11.8 Å². The Kier molecular flexibility index (Phi) is 6.44. The minimum Gasteiger partial charge on any atom is -0.376 e. The second-order valence-electron chi connectivity index (χ2n) is 8.09. The molecule has 0 aliphatic carbocycles. The predicted molar refractivity (Wildman–Crippen MR) is 137 cm³/mol. The molecule has 0 radical (unpaired) electrons. The van der Waals surface area contributed by atoms with Crippen molar-refractivity contribution in [3.8, 4) is 0 Å². The molecular weight excluding hydrogens is 494 g/mol. The number of halogens is 1. The Labute approximate surface area is 211 Å². The Bertz CT molecular complexity index is 1240. The van der Waals surface area contributed by atoms with Crippen LogP contribution in [0.2, 0.25) is 5.02 Å². The Balaban J connectivity index is 1.41. The molecule has 3 heterocycles. The number of carbonyl (C=O) groups excluding carboxylic acids is 3. The molecule has 3 amide bonds. The summed E-state index contributed by atoms with van der Waals surface area (Å²) in [5.41, 5.74) is 2.00. The van der Waals surface area contributed by atoms with Crippen LogP contribution in [0.25, 0.3) is 5.57 Å². The number of carbonyl (C=O) groups is 3. The summed E-state index contributed by atoms with van der Waals surface area (Å²) in [5, 5.41) is 3.25. The van der Waals surface area contributed by atoms with Crippen LogP contribution in [0.4, 0.5) is 11.4 Å². The molecule has 2 fully saturated rings. The molecule has 2 aromatic carbocycles. The SMILES string of the molecule is O=C(CN1C(=O)C(=C2SC(=S)N(CC3CCCO3)C2=O)c2ccccc21)Nc1cccc(Cl)c1. The van der Waals surface area contributed by atoms with E-state index in [4.69, 9.17) is 28.6 Å². The number of anilines is 2. The standard InChI is InChI=1S/C24H20ClN3O4S2/c25-14-5-3-6-15(11-14)26-19(29)13-27-18-9-2-1-8-17(18)20(22(27)30)21-23(31)28(24(33)34-21)12-16-7-4-10-32-16/h1-3,5-6,8-9,11,16H,4,7,10,12-13H2,(H,26,29). The van der Waals surface area contributed by atoms with Gasteiger partial charge < -0.3 is 10.1 Å². The van der Waals surface area contributed by atoms with Gasteiger partial charge in [-0.1, -0.05) is 59.8 Å². The van der Waals surface area contributed by atoms with E-state index < -0.39 is 5.91 Å². The zero-order valence-electron chi connectivity index (χ0n) is 18.0. The van der Waals surface area contributed by atoms with Crippen LogP contribution in [0.5, 0.6) is 0 Å². The van der Waals surface area contributed by atoms with Crippen LogP contribution in [0.15, 0.2) is 53.4 Å². The monoisotopic (exact) mass is 513 g/mol. The first kappa shape index (κ1) is 23.0. The number of thiocarbonyl (C=S) groups is 1. The summed E-state index contributed by atoms with van der Waals surface area (Å²) < 4.78 is 6.07. The Morgan fingerprint density at radius 1 is 1.15 bits per heavy atom. The fraction of sp³-hybridized carbons (Fsp3) is 0.250. The number of benzene rings is 2. The van der Waals surface area contributed by atoms with Crippen molar-refractivity contribution in [3.05, 3.63) is 64.0 Å². The maximum Gasteiger partial charge on any atom is 0.267 e. The molecular formula is C24H20ClN3O4S2. The number of amides is 3. The van der Waals surface area contributed by atoms with Crippen molar-refractivity contribution >= 4 is 74.6 Å². The van der Waals surface area contributed by atoms with E-state index in [2.05, 4.69) is 5.32 Å². The van der Waals surface area contributed by atoms with Crippen molar-refractivity contribution in [3.63, 3.8) is 0 Å². The quantitative estimate of drug-likeness (QED) is 0.479. The lowest BCUT2D eigenvalue weighted by molar-refractivity contribution is -0.123. The summed E-state index contributed by atoms with van der Waals surface area (Å²) >= 11 is 12.6. The maximum atomic E-state index is 13.5. The van der Waals surface area contributed by atoms with Gasteiger partial charge in [-0.3, -0.25) is 24.2 Å². The van der Waals surface area contributed by atoms with E-state index in [1.54, 1.807) is 48.5 Å². The van der Waals surface area contributed by atoms with E-state index in [-0.39, 0.29) is 34.9 Å². The van der Waals surface area contributed by atoms with Gasteiger partial charge in [0.05, 0.1) is 28.8 Å². The first-order valence-electron chi connectivity index (χ1n) is 10.8. The van der Waals surface area contributed by atoms with Crippen molar-refractivity contribution in [2.45, 2.75) is 18.9 Å². The van der Waals surface area contributed by atoms with E-state index >= 15 is 0 Å². The van der Waals surface area contributed by atoms with Gasteiger partial charge in [0, 0.05) is 22.9 Å². The number of nitrogens with one attached hydrogen (secondary N) is 1. The average Bonchev–Trinajstić information content (AvgIpc) is 3.49. The smallest absolute Gasteiger partial charge is 0.267 e. The molecule has 1 atom stereocenters. The summed E-state index contributed by atoms with van der Waals surface area (Å²) in [6, 6.07) is 13.9. The van der Waals surface area contributed by atoms with Crippen LogP contribution in [0.1, 0.15) is 18.4 Å². The lowest BCUT2D eigenvalue weighted by Gasteiger charge is -2.18. The number of ether oxygens (including phenoxy) is 1. The molecule has 5 rings (SSSR count). The molecule has 0 spiro atoms. The minimum absolute atomic E-state index is 0.0508. The maximum absolute atomic E-state index is 13.5. The zero-order valence-corrected chi connectivity index (χ0v) is 20.3. The van der Waals surface area contributed by atoms with E-state index in [9.17, 15) is 14.4 Å². The van der Waals surface area contributed by atoms with Crippen molar-refractivity contribution < 1.29 is 19.1 Å². The van der Waals surface area contributed by atoms with E-state index in [1.165, 1.54) is 9.80 Å². The van der Waals surface area contributed by atoms with E-state index in [0.29, 0.717) is 39.4 Å². The molecule has 0 saturated carbocycles. The Hall–Kier alpha value is -2.72. The first-order valence-corrected chi connectivity index (χ1v) is 12.4. The highest BCUT2D eigenvalue weighted by Crippen LogP contribution is 2.44. The highest BCUT2D eigenvalue weighted by molar-refractivity contribution is 8.26. The van der Waals surface area contributed by atoms with Gasteiger partial charge in [-0.2, -0.15) is 0 Å². The number of rotatable bonds is 5. The number of hydrogen-bond donors (Lipinski definition) is 1. The average molecular weight is 514 g/mol. The fourth-order valence-electron chi connectivity index (χ4n) is 4.27. The summed E-state index contributed by atoms with van der Waals surface area (Å²) in [6.45, 7) is 0.851. The molecule has 0 bridgehead atoms. The van der Waals surface area contributed by atoms with Gasteiger partial charge in [0.15, 0.2) is 0 Å². The molecule has 3 aliphatic rings. The molecule has 10 heteroatoms. The van der Waals surface area contributed by atoms with Crippen LogP contribution in [0.3, 0.4) is 0 Å². The Morgan fingerprint density at radius 3 is 2.74 bits per heavy atom. The first-order chi connectivity index (χ1) is 16.4. The summed E-state index contributed by atoms with van der Waals surface area (Å²) in [7, 11) is 0. The number of nitrogens with zero attached hydrogens (tertiary/aromatic N) is 2. The number of para-hydroxylation sites is 1. The summed E-state index contributed by atoms with van der Waals surface area (Å²) in [4.78, 5) is 42.7. The molecule has 34 heavy (non-hydrogen) atoms. The molecule has 174 valence electrons. The highest BCUT2D eigenvalue weighted by atomic mass is 35.5. The second kappa shape index (κ2) is 9.50. The number of fused-ring (bicyclic) bond motifs is 1. The molecule has 2 aromatic rings. The van der Waals surface area contributed by atoms with Crippen LogP contribution in [-0.2, 0) is 19.1 Å². The minimum atomic E-state index is -0.403. The third kappa shape index (κ3) is 4.36. The fourth-order valence-corrected chi connectivity index (χ4v) is 5.80. The van der Waals surface area contributed by atoms with Crippen LogP contribution >= 0.6 is 35.6 Å². The van der Waals surface area contributed by atoms with Crippen LogP contribution < -0.4 is 10.2 Å². The zero-order chi connectivity index (χ0) is 23.8. The van der Waals surface area contributed by atoms with E-state index in [0.717, 1.165) is 24.6 Å². The largest absolute Gasteiger partial charge is 0.376 e. The van der Waals surface area contributed by atoms with Gasteiger partial charge in [0.2, 0.25) is 5.91 Å². The van der Waals surface area contributed by atoms with Gasteiger partial charge >= 0.3 is 0 Å². The van der Waals surface area contributed by atoms with Crippen LogP contribution in [-0.4, -0.2) is 52.7 Å². The van der Waals surface area contributed by atoms with Crippen molar-refractivity contribution in [1.82, 2.24) is 4.90 Å². The second-order valence-corrected chi connectivity index (χ2v) is 10.2. The predicted octanol–water partition coefficient (Wildman–Crippen LogP) is 4.08.